The second-order valence-corrected chi connectivity index (χ2v) is 7.30. The number of imidazole rings is 1. The molecule has 122 valence electrons. The van der Waals surface area contributed by atoms with Gasteiger partial charge in [-0.25, -0.2) is 9.97 Å². The lowest BCUT2D eigenvalue weighted by molar-refractivity contribution is 0.0989. The Morgan fingerprint density at radius 1 is 1.21 bits per heavy atom. The Hall–Kier alpha value is -2.69. The number of anilines is 1. The van der Waals surface area contributed by atoms with E-state index in [0.29, 0.717) is 17.8 Å². The predicted octanol–water partition coefficient (Wildman–Crippen LogP) is 3.46. The number of nitrogens with one attached hydrogen (secondary N) is 1. The summed E-state index contributed by atoms with van der Waals surface area (Å²) in [5.41, 5.74) is 5.66. The number of hydrogen-bond acceptors (Lipinski definition) is 3. The topological polar surface area (TPSA) is 61.9 Å². The minimum Gasteiger partial charge on any atom is -0.343 e. The van der Waals surface area contributed by atoms with Gasteiger partial charge in [0, 0.05) is 18.4 Å². The van der Waals surface area contributed by atoms with E-state index in [1.807, 2.05) is 11.0 Å². The van der Waals surface area contributed by atoms with Crippen molar-refractivity contribution >= 4 is 22.8 Å². The van der Waals surface area contributed by atoms with Crippen LogP contribution in [0.2, 0.25) is 0 Å². The van der Waals surface area contributed by atoms with Crippen LogP contribution in [0.3, 0.4) is 0 Å². The molecule has 0 bridgehead atoms. The highest BCUT2D eigenvalue weighted by Crippen LogP contribution is 2.33. The van der Waals surface area contributed by atoms with E-state index >= 15 is 0 Å². The van der Waals surface area contributed by atoms with Crippen molar-refractivity contribution < 1.29 is 4.79 Å². The maximum atomic E-state index is 12.9. The molecule has 5 heteroatoms. The molecule has 1 aliphatic rings. The van der Waals surface area contributed by atoms with Crippen molar-refractivity contribution in [2.45, 2.75) is 32.6 Å². The van der Waals surface area contributed by atoms with Gasteiger partial charge in [-0.1, -0.05) is 32.9 Å². The van der Waals surface area contributed by atoms with E-state index in [0.717, 1.165) is 17.6 Å². The highest BCUT2D eigenvalue weighted by atomic mass is 16.2. The summed E-state index contributed by atoms with van der Waals surface area (Å²) in [7, 11) is 0. The molecule has 1 amide bonds. The van der Waals surface area contributed by atoms with Crippen LogP contribution in [0.15, 0.2) is 36.8 Å². The summed E-state index contributed by atoms with van der Waals surface area (Å²) in [6.07, 6.45) is 4.09. The molecule has 3 aromatic rings. The lowest BCUT2D eigenvalue weighted by Gasteiger charge is -2.21. The average Bonchev–Trinajstić information content (AvgIpc) is 3.18. The Bertz CT molecular complexity index is 936. The van der Waals surface area contributed by atoms with Gasteiger partial charge in [-0.15, -0.1) is 0 Å². The summed E-state index contributed by atoms with van der Waals surface area (Å²) in [6, 6.07) is 8.25. The number of aromatic amines is 1. The second kappa shape index (κ2) is 5.16. The number of nitrogens with zero attached hydrogens (tertiary/aromatic N) is 3. The Kier molecular flexibility index (Phi) is 3.20. The molecule has 5 nitrogen and oxygen atoms in total. The molecule has 0 radical (unpaired) electrons. The highest BCUT2D eigenvalue weighted by molar-refractivity contribution is 6.08. The number of benzene rings is 1. The van der Waals surface area contributed by atoms with Crippen LogP contribution in [-0.4, -0.2) is 27.4 Å². The molecule has 0 atom stereocenters. The monoisotopic (exact) mass is 320 g/mol. The first-order valence-electron chi connectivity index (χ1n) is 8.18. The predicted molar refractivity (Wildman–Crippen MR) is 94.4 cm³/mol. The highest BCUT2D eigenvalue weighted by Gasteiger charge is 2.27. The summed E-state index contributed by atoms with van der Waals surface area (Å²) >= 11 is 0. The zero-order valence-corrected chi connectivity index (χ0v) is 14.1. The number of carbonyl (C=O) groups excluding carboxylic acids is 1. The molecule has 0 spiro atoms. The molecule has 1 aromatic carbocycles. The molecule has 3 heterocycles. The number of carbonyl (C=O) groups is 1. The summed E-state index contributed by atoms with van der Waals surface area (Å²) in [4.78, 5) is 26.1. The van der Waals surface area contributed by atoms with E-state index in [2.05, 4.69) is 53.9 Å². The van der Waals surface area contributed by atoms with Gasteiger partial charge in [-0.2, -0.15) is 0 Å². The van der Waals surface area contributed by atoms with Crippen LogP contribution >= 0.6 is 0 Å². The van der Waals surface area contributed by atoms with Crippen molar-refractivity contribution in [2.75, 3.05) is 11.4 Å². The molecular weight excluding hydrogens is 300 g/mol. The van der Waals surface area contributed by atoms with Crippen LogP contribution in [0, 0.1) is 0 Å². The second-order valence-electron chi connectivity index (χ2n) is 7.30. The normalized spacial score (nSPS) is 14.2. The smallest absolute Gasteiger partial charge is 0.259 e. The SMILES string of the molecule is CC(C)(C)c1ccc2c(c1)CCN2C(=O)c1cnc2nc[nH]c2c1. The van der Waals surface area contributed by atoms with Crippen LogP contribution in [0.5, 0.6) is 0 Å². The molecule has 2 aromatic heterocycles. The van der Waals surface area contributed by atoms with Crippen LogP contribution < -0.4 is 4.90 Å². The fourth-order valence-corrected chi connectivity index (χ4v) is 3.18. The van der Waals surface area contributed by atoms with Crippen molar-refractivity contribution in [1.82, 2.24) is 15.0 Å². The first-order chi connectivity index (χ1) is 11.4. The van der Waals surface area contributed by atoms with E-state index < -0.39 is 0 Å². The lowest BCUT2D eigenvalue weighted by atomic mass is 9.86. The van der Waals surface area contributed by atoms with Crippen LogP contribution in [0.4, 0.5) is 5.69 Å². The molecular formula is C19H20N4O. The number of rotatable bonds is 1. The molecule has 1 aliphatic heterocycles. The van der Waals surface area contributed by atoms with Crippen LogP contribution in [0.1, 0.15) is 42.3 Å². The van der Waals surface area contributed by atoms with E-state index in [4.69, 9.17) is 0 Å². The van der Waals surface area contributed by atoms with Gasteiger partial charge in [0.2, 0.25) is 0 Å². The maximum Gasteiger partial charge on any atom is 0.259 e. The summed E-state index contributed by atoms with van der Waals surface area (Å²) in [5, 5.41) is 0. The van der Waals surface area contributed by atoms with Gasteiger partial charge in [-0.05, 0) is 35.1 Å². The van der Waals surface area contributed by atoms with Gasteiger partial charge in [0.15, 0.2) is 5.65 Å². The van der Waals surface area contributed by atoms with Gasteiger partial charge in [0.1, 0.15) is 0 Å². The van der Waals surface area contributed by atoms with E-state index in [9.17, 15) is 4.79 Å². The number of hydrogen-bond donors (Lipinski definition) is 1. The number of H-pyrrole nitrogens is 1. The van der Waals surface area contributed by atoms with E-state index in [1.165, 1.54) is 11.1 Å². The van der Waals surface area contributed by atoms with Crippen LogP contribution in [0.25, 0.3) is 11.2 Å². The minimum atomic E-state index is -0.0127. The Morgan fingerprint density at radius 3 is 2.83 bits per heavy atom. The summed E-state index contributed by atoms with van der Waals surface area (Å²) in [6.45, 7) is 7.33. The zero-order chi connectivity index (χ0) is 16.9. The van der Waals surface area contributed by atoms with Gasteiger partial charge >= 0.3 is 0 Å². The minimum absolute atomic E-state index is 0.0127. The van der Waals surface area contributed by atoms with Gasteiger partial charge in [-0.3, -0.25) is 4.79 Å². The summed E-state index contributed by atoms with van der Waals surface area (Å²) in [5.74, 6) is -0.0127. The first kappa shape index (κ1) is 14.9. The third-order valence-electron chi connectivity index (χ3n) is 4.61. The average molecular weight is 320 g/mol. The van der Waals surface area contributed by atoms with Crippen molar-refractivity contribution in [3.05, 3.63) is 53.5 Å². The summed E-state index contributed by atoms with van der Waals surface area (Å²) < 4.78 is 0. The van der Waals surface area contributed by atoms with Crippen molar-refractivity contribution in [3.63, 3.8) is 0 Å². The van der Waals surface area contributed by atoms with Gasteiger partial charge in [0.05, 0.1) is 17.4 Å². The zero-order valence-electron chi connectivity index (χ0n) is 14.1. The fourth-order valence-electron chi connectivity index (χ4n) is 3.18. The molecule has 4 rings (SSSR count). The number of amides is 1. The number of fused-ring (bicyclic) bond motifs is 2. The third kappa shape index (κ3) is 2.37. The first-order valence-corrected chi connectivity index (χ1v) is 8.18. The molecule has 0 saturated heterocycles. The van der Waals surface area contributed by atoms with Crippen molar-refractivity contribution in [1.29, 1.82) is 0 Å². The van der Waals surface area contributed by atoms with Gasteiger partial charge < -0.3 is 9.88 Å². The quantitative estimate of drug-likeness (QED) is 0.747. The Balaban J connectivity index is 1.68. The molecule has 0 saturated carbocycles. The molecule has 1 N–H and O–H groups in total. The number of pyridine rings is 1. The van der Waals surface area contributed by atoms with Gasteiger partial charge in [0.25, 0.3) is 5.91 Å². The maximum absolute atomic E-state index is 12.9. The van der Waals surface area contributed by atoms with Crippen molar-refractivity contribution in [2.24, 2.45) is 0 Å². The third-order valence-corrected chi connectivity index (χ3v) is 4.61. The Labute approximate surface area is 140 Å². The van der Waals surface area contributed by atoms with E-state index in [1.54, 1.807) is 12.5 Å². The lowest BCUT2D eigenvalue weighted by Crippen LogP contribution is -2.29. The van der Waals surface area contributed by atoms with Crippen molar-refractivity contribution in [3.8, 4) is 0 Å². The number of aromatic nitrogens is 3. The van der Waals surface area contributed by atoms with Crippen LogP contribution in [-0.2, 0) is 11.8 Å². The fraction of sp³-hybridized carbons (Fsp3) is 0.316. The molecule has 0 unspecified atom stereocenters. The standard InChI is InChI=1S/C19H20N4O/c1-19(2,3)14-4-5-16-12(8-14)6-7-23(16)18(24)13-9-15-17(20-10-13)22-11-21-15/h4-5,8-11H,6-7H2,1-3H3,(H,20,21,22). The molecule has 0 aliphatic carbocycles. The van der Waals surface area contributed by atoms with E-state index in [-0.39, 0.29) is 11.3 Å². The largest absolute Gasteiger partial charge is 0.343 e. The molecule has 0 fully saturated rings. The Morgan fingerprint density at radius 2 is 2.04 bits per heavy atom. The molecule has 24 heavy (non-hydrogen) atoms.